The van der Waals surface area contributed by atoms with Gasteiger partial charge in [0.1, 0.15) is 0 Å². The van der Waals surface area contributed by atoms with Gasteiger partial charge >= 0.3 is 0 Å². The van der Waals surface area contributed by atoms with E-state index in [0.29, 0.717) is 18.7 Å². The molecule has 2 heterocycles. The van der Waals surface area contributed by atoms with Gasteiger partial charge in [0.15, 0.2) is 0 Å². The van der Waals surface area contributed by atoms with Gasteiger partial charge in [-0.2, -0.15) is 4.98 Å². The van der Waals surface area contributed by atoms with Crippen molar-refractivity contribution in [3.63, 3.8) is 0 Å². The SMILES string of the molecule is Cc1cc(C)n2nc(C(=O)NCCC(O)C(C)C)nc2n1. The van der Waals surface area contributed by atoms with Crippen LogP contribution in [0.1, 0.15) is 42.3 Å². The van der Waals surface area contributed by atoms with Crippen molar-refractivity contribution in [2.45, 2.75) is 40.2 Å². The first-order valence-electron chi connectivity index (χ1n) is 7.05. The molecule has 7 heteroatoms. The van der Waals surface area contributed by atoms with E-state index in [1.54, 1.807) is 4.52 Å². The molecule has 0 saturated heterocycles. The number of rotatable bonds is 5. The number of fused-ring (bicyclic) bond motifs is 1. The average molecular weight is 291 g/mol. The van der Waals surface area contributed by atoms with E-state index in [-0.39, 0.29) is 17.6 Å². The van der Waals surface area contributed by atoms with Crippen LogP contribution in [-0.2, 0) is 0 Å². The minimum atomic E-state index is -0.425. The molecule has 1 unspecified atom stereocenters. The Morgan fingerprint density at radius 1 is 1.38 bits per heavy atom. The standard InChI is InChI=1S/C14H21N5O2/c1-8(2)11(20)5-6-15-13(21)12-17-14-16-9(3)7-10(4)19(14)18-12/h7-8,11,20H,5-6H2,1-4H3,(H,15,21). The number of nitrogens with one attached hydrogen (secondary N) is 1. The van der Waals surface area contributed by atoms with E-state index < -0.39 is 6.10 Å². The van der Waals surface area contributed by atoms with Crippen LogP contribution < -0.4 is 5.32 Å². The number of hydrogen-bond acceptors (Lipinski definition) is 5. The maximum Gasteiger partial charge on any atom is 0.291 e. The van der Waals surface area contributed by atoms with E-state index >= 15 is 0 Å². The van der Waals surface area contributed by atoms with E-state index in [0.717, 1.165) is 11.4 Å². The Kier molecular flexibility index (Phi) is 4.52. The second-order valence-electron chi connectivity index (χ2n) is 5.54. The number of aliphatic hydroxyl groups is 1. The summed E-state index contributed by atoms with van der Waals surface area (Å²) < 4.78 is 1.55. The molecule has 0 aliphatic heterocycles. The third kappa shape index (κ3) is 3.55. The van der Waals surface area contributed by atoms with Crippen LogP contribution in [0, 0.1) is 19.8 Å². The molecule has 2 aromatic heterocycles. The lowest BCUT2D eigenvalue weighted by atomic mass is 10.0. The fourth-order valence-electron chi connectivity index (χ4n) is 2.01. The molecule has 0 spiro atoms. The van der Waals surface area contributed by atoms with Crippen LogP contribution in [0.15, 0.2) is 6.07 Å². The van der Waals surface area contributed by atoms with Gasteiger partial charge < -0.3 is 10.4 Å². The molecule has 2 N–H and O–H groups in total. The Bertz CT molecular complexity index is 650. The lowest BCUT2D eigenvalue weighted by molar-refractivity contribution is 0.0911. The van der Waals surface area contributed by atoms with Gasteiger partial charge in [0.25, 0.3) is 11.7 Å². The fraction of sp³-hybridized carbons (Fsp3) is 0.571. The van der Waals surface area contributed by atoms with Gasteiger partial charge in [0.2, 0.25) is 5.82 Å². The summed E-state index contributed by atoms with van der Waals surface area (Å²) in [5.41, 5.74) is 1.71. The second-order valence-corrected chi connectivity index (χ2v) is 5.54. The molecule has 114 valence electrons. The zero-order valence-corrected chi connectivity index (χ0v) is 12.8. The summed E-state index contributed by atoms with van der Waals surface area (Å²) in [6, 6.07) is 1.88. The summed E-state index contributed by atoms with van der Waals surface area (Å²) in [4.78, 5) is 20.4. The number of nitrogens with zero attached hydrogens (tertiary/aromatic N) is 4. The molecule has 0 aliphatic rings. The maximum atomic E-state index is 12.0. The Balaban J connectivity index is 2.05. The molecule has 1 amide bonds. The van der Waals surface area contributed by atoms with Crippen molar-refractivity contribution in [1.29, 1.82) is 0 Å². The quantitative estimate of drug-likeness (QED) is 0.853. The molecule has 0 saturated carbocycles. The fourth-order valence-corrected chi connectivity index (χ4v) is 2.01. The highest BCUT2D eigenvalue weighted by Crippen LogP contribution is 2.06. The molecule has 0 radical (unpaired) electrons. The van der Waals surface area contributed by atoms with Crippen LogP contribution in [0.25, 0.3) is 5.78 Å². The molecular weight excluding hydrogens is 270 g/mol. The molecule has 7 nitrogen and oxygen atoms in total. The van der Waals surface area contributed by atoms with E-state index in [1.165, 1.54) is 0 Å². The number of aryl methyl sites for hydroxylation is 2. The largest absolute Gasteiger partial charge is 0.393 e. The summed E-state index contributed by atoms with van der Waals surface area (Å²) in [7, 11) is 0. The topological polar surface area (TPSA) is 92.4 Å². The van der Waals surface area contributed by atoms with Gasteiger partial charge in [-0.15, -0.1) is 5.10 Å². The minimum Gasteiger partial charge on any atom is -0.393 e. The molecule has 21 heavy (non-hydrogen) atoms. The molecule has 0 bridgehead atoms. The van der Waals surface area contributed by atoms with Crippen molar-refractivity contribution in [2.75, 3.05) is 6.54 Å². The van der Waals surface area contributed by atoms with Gasteiger partial charge in [-0.05, 0) is 32.3 Å². The van der Waals surface area contributed by atoms with Crippen molar-refractivity contribution in [3.8, 4) is 0 Å². The van der Waals surface area contributed by atoms with Crippen LogP contribution >= 0.6 is 0 Å². The van der Waals surface area contributed by atoms with Crippen LogP contribution in [0.2, 0.25) is 0 Å². The van der Waals surface area contributed by atoms with E-state index in [2.05, 4.69) is 20.4 Å². The van der Waals surface area contributed by atoms with Crippen molar-refractivity contribution >= 4 is 11.7 Å². The van der Waals surface area contributed by atoms with Crippen LogP contribution in [0.4, 0.5) is 0 Å². The molecule has 0 aliphatic carbocycles. The van der Waals surface area contributed by atoms with Crippen LogP contribution in [0.3, 0.4) is 0 Å². The highest BCUT2D eigenvalue weighted by molar-refractivity contribution is 5.90. The maximum absolute atomic E-state index is 12.0. The zero-order chi connectivity index (χ0) is 15.6. The van der Waals surface area contributed by atoms with Gasteiger partial charge in [-0.3, -0.25) is 4.79 Å². The minimum absolute atomic E-state index is 0.0928. The number of carbonyl (C=O) groups is 1. The van der Waals surface area contributed by atoms with Crippen LogP contribution in [-0.4, -0.2) is 43.2 Å². The normalized spacial score (nSPS) is 12.9. The second kappa shape index (κ2) is 6.17. The molecular formula is C14H21N5O2. The first-order chi connectivity index (χ1) is 9.88. The summed E-state index contributed by atoms with van der Waals surface area (Å²) in [6.07, 6.45) is 0.0820. The monoisotopic (exact) mass is 291 g/mol. The first kappa shape index (κ1) is 15.4. The van der Waals surface area contributed by atoms with E-state index in [1.807, 2.05) is 33.8 Å². The van der Waals surface area contributed by atoms with Crippen molar-refractivity contribution in [3.05, 3.63) is 23.3 Å². The Labute approximate surface area is 123 Å². The number of hydrogen-bond donors (Lipinski definition) is 2. The van der Waals surface area contributed by atoms with Crippen LogP contribution in [0.5, 0.6) is 0 Å². The molecule has 2 aromatic rings. The van der Waals surface area contributed by atoms with E-state index in [9.17, 15) is 9.90 Å². The predicted octanol–water partition coefficient (Wildman–Crippen LogP) is 0.878. The third-order valence-corrected chi connectivity index (χ3v) is 3.32. The summed E-state index contributed by atoms with van der Waals surface area (Å²) in [5.74, 6) is 0.327. The average Bonchev–Trinajstić information content (AvgIpc) is 2.82. The number of carbonyl (C=O) groups excluding carboxylic acids is 1. The molecule has 1 atom stereocenters. The smallest absolute Gasteiger partial charge is 0.291 e. The Morgan fingerprint density at radius 3 is 2.76 bits per heavy atom. The number of amides is 1. The third-order valence-electron chi connectivity index (χ3n) is 3.32. The number of aliphatic hydroxyl groups excluding tert-OH is 1. The van der Waals surface area contributed by atoms with Gasteiger partial charge in [0.05, 0.1) is 6.10 Å². The number of aromatic nitrogens is 4. The molecule has 0 fully saturated rings. The lowest BCUT2D eigenvalue weighted by Gasteiger charge is -2.13. The summed E-state index contributed by atoms with van der Waals surface area (Å²) in [5, 5.41) is 16.6. The highest BCUT2D eigenvalue weighted by atomic mass is 16.3. The van der Waals surface area contributed by atoms with Gasteiger partial charge in [0, 0.05) is 17.9 Å². The predicted molar refractivity (Wildman–Crippen MR) is 78.1 cm³/mol. The lowest BCUT2D eigenvalue weighted by Crippen LogP contribution is -2.29. The van der Waals surface area contributed by atoms with Gasteiger partial charge in [-0.25, -0.2) is 9.50 Å². The summed E-state index contributed by atoms with van der Waals surface area (Å²) >= 11 is 0. The van der Waals surface area contributed by atoms with E-state index in [4.69, 9.17) is 0 Å². The highest BCUT2D eigenvalue weighted by Gasteiger charge is 2.15. The summed E-state index contributed by atoms with van der Waals surface area (Å²) in [6.45, 7) is 8.02. The Hall–Kier alpha value is -2.02. The molecule has 0 aromatic carbocycles. The first-order valence-corrected chi connectivity index (χ1v) is 7.05. The Morgan fingerprint density at radius 2 is 2.10 bits per heavy atom. The van der Waals surface area contributed by atoms with Crippen molar-refractivity contribution in [1.82, 2.24) is 24.9 Å². The van der Waals surface area contributed by atoms with Gasteiger partial charge in [-0.1, -0.05) is 13.8 Å². The van der Waals surface area contributed by atoms with Crippen molar-refractivity contribution in [2.24, 2.45) is 5.92 Å². The molecule has 2 rings (SSSR count). The zero-order valence-electron chi connectivity index (χ0n) is 12.8. The van der Waals surface area contributed by atoms with Crippen molar-refractivity contribution < 1.29 is 9.90 Å².